The normalized spacial score (nSPS) is 12.5. The first kappa shape index (κ1) is 10.7. The molecule has 2 aromatic heterocycles. The van der Waals surface area contributed by atoms with E-state index in [-0.39, 0.29) is 0 Å². The number of rotatable bonds is 0. The lowest BCUT2D eigenvalue weighted by atomic mass is 10.0. The summed E-state index contributed by atoms with van der Waals surface area (Å²) in [5.74, 6) is 0. The van der Waals surface area contributed by atoms with E-state index in [2.05, 4.69) is 47.1 Å². The molecule has 0 radical (unpaired) electrons. The summed E-state index contributed by atoms with van der Waals surface area (Å²) in [5, 5.41) is 4.48. The zero-order valence-corrected chi connectivity index (χ0v) is 12.2. The summed E-state index contributed by atoms with van der Waals surface area (Å²) in [6.45, 7) is 2.10. The van der Waals surface area contributed by atoms with Crippen molar-refractivity contribution in [3.8, 4) is 0 Å². The van der Waals surface area contributed by atoms with Crippen molar-refractivity contribution in [1.82, 2.24) is 0 Å². The minimum absolute atomic E-state index is 0.871. The van der Waals surface area contributed by atoms with Crippen LogP contribution in [0, 0.1) is 6.92 Å². The second-order valence-electron chi connectivity index (χ2n) is 5.28. The van der Waals surface area contributed by atoms with E-state index in [1.54, 1.807) is 0 Å². The molecule has 0 saturated heterocycles. The molecule has 20 heavy (non-hydrogen) atoms. The van der Waals surface area contributed by atoms with Crippen molar-refractivity contribution in [2.24, 2.45) is 0 Å². The van der Waals surface area contributed by atoms with Gasteiger partial charge < -0.3 is 8.83 Å². The highest BCUT2D eigenvalue weighted by Crippen LogP contribution is 2.43. The van der Waals surface area contributed by atoms with E-state index >= 15 is 0 Å². The Bertz CT molecular complexity index is 1110. The van der Waals surface area contributed by atoms with Gasteiger partial charge in [-0.15, -0.1) is 0 Å². The molecule has 3 aromatic carbocycles. The highest BCUT2D eigenvalue weighted by atomic mass is 79.9. The zero-order valence-electron chi connectivity index (χ0n) is 10.7. The zero-order chi connectivity index (χ0) is 13.4. The molecule has 0 bridgehead atoms. The maximum atomic E-state index is 6.11. The Morgan fingerprint density at radius 2 is 1.60 bits per heavy atom. The summed E-state index contributed by atoms with van der Waals surface area (Å²) >= 11 is 3.50. The molecule has 0 fully saturated rings. The predicted molar refractivity (Wildman–Crippen MR) is 84.6 cm³/mol. The molecule has 0 amide bonds. The average molecular weight is 325 g/mol. The van der Waals surface area contributed by atoms with Gasteiger partial charge in [0.1, 0.15) is 22.3 Å². The van der Waals surface area contributed by atoms with Crippen molar-refractivity contribution in [3.05, 3.63) is 46.4 Å². The molecule has 0 aliphatic rings. The Morgan fingerprint density at radius 3 is 2.45 bits per heavy atom. The lowest BCUT2D eigenvalue weighted by molar-refractivity contribution is 0.653. The highest BCUT2D eigenvalue weighted by Gasteiger charge is 2.20. The molecular weight excluding hydrogens is 316 g/mol. The molecule has 96 valence electrons. The van der Waals surface area contributed by atoms with Crippen molar-refractivity contribution in [3.63, 3.8) is 0 Å². The molecule has 3 heteroatoms. The van der Waals surface area contributed by atoms with Crippen LogP contribution >= 0.6 is 15.9 Å². The summed E-state index contributed by atoms with van der Waals surface area (Å²) in [4.78, 5) is 0. The van der Waals surface area contributed by atoms with Gasteiger partial charge in [0.25, 0.3) is 0 Å². The van der Waals surface area contributed by atoms with E-state index in [4.69, 9.17) is 8.83 Å². The van der Waals surface area contributed by atoms with E-state index in [0.29, 0.717) is 0 Å². The van der Waals surface area contributed by atoms with E-state index in [0.717, 1.165) is 48.3 Å². The minimum atomic E-state index is 0.871. The molecule has 5 aromatic rings. The van der Waals surface area contributed by atoms with Gasteiger partial charge in [0.15, 0.2) is 0 Å². The molecule has 0 N–H and O–H groups in total. The largest absolute Gasteiger partial charge is 0.456 e. The SMILES string of the molecule is Cc1ccc2cc3oc4cc(Br)cc5oc(c2c1)c3c45. The lowest BCUT2D eigenvalue weighted by Gasteiger charge is -2.00. The summed E-state index contributed by atoms with van der Waals surface area (Å²) in [6.07, 6.45) is 0. The Hall–Kier alpha value is -2.00. The van der Waals surface area contributed by atoms with Crippen LogP contribution < -0.4 is 0 Å². The molecule has 0 spiro atoms. The van der Waals surface area contributed by atoms with Crippen LogP contribution in [0.1, 0.15) is 5.56 Å². The smallest absolute Gasteiger partial charge is 0.147 e. The monoisotopic (exact) mass is 324 g/mol. The number of fused-ring (bicyclic) bond motifs is 2. The first-order chi connectivity index (χ1) is 9.70. The highest BCUT2D eigenvalue weighted by molar-refractivity contribution is 9.10. The Labute approximate surface area is 122 Å². The van der Waals surface area contributed by atoms with Crippen molar-refractivity contribution in [2.75, 3.05) is 0 Å². The van der Waals surface area contributed by atoms with Crippen molar-refractivity contribution < 1.29 is 8.83 Å². The van der Waals surface area contributed by atoms with E-state index in [1.807, 2.05) is 12.1 Å². The van der Waals surface area contributed by atoms with Crippen LogP contribution in [0.3, 0.4) is 0 Å². The van der Waals surface area contributed by atoms with E-state index in [9.17, 15) is 0 Å². The van der Waals surface area contributed by atoms with Gasteiger partial charge in [-0.25, -0.2) is 0 Å². The number of hydrogen-bond acceptors (Lipinski definition) is 2. The fourth-order valence-corrected chi connectivity index (χ4v) is 3.49. The number of aryl methyl sites for hydroxylation is 1. The fraction of sp³-hybridized carbons (Fsp3) is 0.0588. The van der Waals surface area contributed by atoms with Gasteiger partial charge in [0, 0.05) is 9.86 Å². The van der Waals surface area contributed by atoms with Crippen LogP contribution in [0.5, 0.6) is 0 Å². The quantitative estimate of drug-likeness (QED) is 0.349. The molecule has 2 heterocycles. The van der Waals surface area contributed by atoms with Crippen LogP contribution in [0.15, 0.2) is 49.7 Å². The first-order valence-electron chi connectivity index (χ1n) is 6.48. The van der Waals surface area contributed by atoms with Crippen molar-refractivity contribution >= 4 is 59.8 Å². The molecule has 0 unspecified atom stereocenters. The molecule has 0 saturated carbocycles. The predicted octanol–water partition coefficient (Wildman–Crippen LogP) is 5.99. The Kier molecular flexibility index (Phi) is 1.80. The summed E-state index contributed by atoms with van der Waals surface area (Å²) in [5.41, 5.74) is 4.79. The molecule has 0 aliphatic carbocycles. The molecular formula is C17H9BrO2. The van der Waals surface area contributed by atoms with Crippen LogP contribution in [0.25, 0.3) is 43.9 Å². The number of furan rings is 2. The lowest BCUT2D eigenvalue weighted by Crippen LogP contribution is -1.76. The minimum Gasteiger partial charge on any atom is -0.456 e. The third-order valence-electron chi connectivity index (χ3n) is 3.93. The standard InChI is InChI=1S/C17H9BrO2/c1-8-2-3-9-5-12-16-15-13(19-12)6-10(18)7-14(15)20-17(16)11(9)4-8/h2-7H,1H3. The summed E-state index contributed by atoms with van der Waals surface area (Å²) in [6, 6.07) is 12.5. The molecule has 5 rings (SSSR count). The number of benzene rings is 3. The van der Waals surface area contributed by atoms with Gasteiger partial charge in [0.2, 0.25) is 0 Å². The number of hydrogen-bond donors (Lipinski definition) is 0. The van der Waals surface area contributed by atoms with E-state index in [1.165, 1.54) is 5.56 Å². The molecule has 2 nitrogen and oxygen atoms in total. The van der Waals surface area contributed by atoms with E-state index < -0.39 is 0 Å². The average Bonchev–Trinajstić information content (AvgIpc) is 2.95. The second kappa shape index (κ2) is 3.36. The second-order valence-corrected chi connectivity index (χ2v) is 6.20. The maximum absolute atomic E-state index is 6.11. The third-order valence-corrected chi connectivity index (χ3v) is 4.38. The summed E-state index contributed by atoms with van der Waals surface area (Å²) < 4.78 is 13.1. The fourth-order valence-electron chi connectivity index (χ4n) is 3.07. The first-order valence-corrected chi connectivity index (χ1v) is 7.27. The van der Waals surface area contributed by atoms with Gasteiger partial charge in [0.05, 0.1) is 10.8 Å². The summed E-state index contributed by atoms with van der Waals surface area (Å²) in [7, 11) is 0. The third kappa shape index (κ3) is 1.19. The molecule has 0 aliphatic heterocycles. The van der Waals surface area contributed by atoms with Crippen LogP contribution in [0.4, 0.5) is 0 Å². The van der Waals surface area contributed by atoms with Gasteiger partial charge in [-0.1, -0.05) is 33.6 Å². The topological polar surface area (TPSA) is 26.3 Å². The van der Waals surface area contributed by atoms with Crippen molar-refractivity contribution in [2.45, 2.75) is 6.92 Å². The van der Waals surface area contributed by atoms with Gasteiger partial charge in [-0.05, 0) is 36.6 Å². The van der Waals surface area contributed by atoms with Gasteiger partial charge >= 0.3 is 0 Å². The molecule has 0 atom stereocenters. The van der Waals surface area contributed by atoms with Gasteiger partial charge in [-0.3, -0.25) is 0 Å². The maximum Gasteiger partial charge on any atom is 0.147 e. The van der Waals surface area contributed by atoms with Crippen LogP contribution in [-0.4, -0.2) is 0 Å². The Balaban J connectivity index is 2.18. The Morgan fingerprint density at radius 1 is 0.850 bits per heavy atom. The van der Waals surface area contributed by atoms with Crippen molar-refractivity contribution in [1.29, 1.82) is 0 Å². The van der Waals surface area contributed by atoms with Crippen LogP contribution in [0.2, 0.25) is 0 Å². The van der Waals surface area contributed by atoms with Gasteiger partial charge in [-0.2, -0.15) is 0 Å². The number of halogens is 1. The van der Waals surface area contributed by atoms with Crippen LogP contribution in [-0.2, 0) is 0 Å².